The summed E-state index contributed by atoms with van der Waals surface area (Å²) in [6.07, 6.45) is 8.16. The Labute approximate surface area is 467 Å². The molecule has 2 aliphatic heterocycles. The molecule has 0 aromatic heterocycles. The number of hydrogen-bond donors (Lipinski definition) is 1. The molecule has 0 atom stereocenters. The van der Waals surface area contributed by atoms with Crippen LogP contribution in [-0.4, -0.2) is 19.4 Å². The second-order valence-electron chi connectivity index (χ2n) is 12.3. The van der Waals surface area contributed by atoms with Crippen molar-refractivity contribution in [2.75, 3.05) is 18.5 Å². The molecule has 81 heavy (non-hydrogen) atoms. The van der Waals surface area contributed by atoms with Gasteiger partial charge >= 0.3 is 0 Å². The van der Waals surface area contributed by atoms with Gasteiger partial charge in [-0.3, -0.25) is 4.99 Å². The summed E-state index contributed by atoms with van der Waals surface area (Å²) < 4.78 is 5.72. The quantitative estimate of drug-likeness (QED) is 0.306. The van der Waals surface area contributed by atoms with Gasteiger partial charge in [0.15, 0.2) is 0 Å². The van der Waals surface area contributed by atoms with E-state index in [1.807, 2.05) is 12.3 Å². The minimum Gasteiger partial charge on any atom is -0.493 e. The molecule has 0 saturated heterocycles. The van der Waals surface area contributed by atoms with Crippen LogP contribution in [0.25, 0.3) is 5.57 Å². The van der Waals surface area contributed by atoms with Gasteiger partial charge in [-0.1, -0.05) is 17.5 Å². The Morgan fingerprint density at radius 2 is 0.654 bits per heavy atom. The second kappa shape index (κ2) is 49.5. The highest BCUT2D eigenvalue weighted by molar-refractivity contribution is 5.78. The summed E-state index contributed by atoms with van der Waals surface area (Å²) in [5, 5.41) is 3.34. The number of anilines is 1. The zero-order chi connectivity index (χ0) is 57.5. The lowest BCUT2D eigenvalue weighted by molar-refractivity contribution is 0.316. The fraction of sp³-hybridized carbons (Fsp3) is 0.0641. The van der Waals surface area contributed by atoms with Crippen molar-refractivity contribution in [2.24, 2.45) is 4.99 Å². The maximum Gasteiger partial charge on any atom is 0.126 e. The van der Waals surface area contributed by atoms with Gasteiger partial charge in [-0.05, 0) is 142 Å². The SMILES string of the molecule is C=C=C=C=C=C=C=C=C=C=C=C=C=C=C=C=C=C=C=C=C=C=C=C=C=C=C=C=C=C=C=C=C=C=C=C=C=C=C=C=C=C=C=C=C=C=C=C=C=C=C=C=C=C=C=C=C=C=C=C=C=C.CCNc1ccc2c(c1)/C(=C/C1=CCC=N1)CCO2. The van der Waals surface area contributed by atoms with Crippen LogP contribution in [0, 0.1) is 0 Å². The first-order chi connectivity index (χ1) is 40.3. The molecule has 0 spiro atoms. The van der Waals surface area contributed by atoms with Crippen LogP contribution >= 0.6 is 0 Å². The van der Waals surface area contributed by atoms with E-state index in [1.54, 1.807) is 0 Å². The number of rotatable bonds is 3. The average Bonchev–Trinajstić information content (AvgIpc) is 4.16. The molecule has 0 aliphatic carbocycles. The highest BCUT2D eigenvalue weighted by atomic mass is 16.5. The minimum atomic E-state index is 0.746. The van der Waals surface area contributed by atoms with Crippen molar-refractivity contribution in [3.05, 3.63) is 399 Å². The van der Waals surface area contributed by atoms with Crippen LogP contribution in [0.15, 0.2) is 398 Å². The summed E-state index contributed by atoms with van der Waals surface area (Å²) in [7, 11) is 0. The molecule has 3 nitrogen and oxygen atoms in total. The van der Waals surface area contributed by atoms with Gasteiger partial charge in [0, 0.05) is 278 Å². The first-order valence-electron chi connectivity index (χ1n) is 22.3. The molecule has 0 amide bonds. The Bertz CT molecular complexity index is 5180. The Morgan fingerprint density at radius 3 is 0.877 bits per heavy atom. The van der Waals surface area contributed by atoms with Crippen LogP contribution < -0.4 is 10.1 Å². The summed E-state index contributed by atoms with van der Waals surface area (Å²) in [5.41, 5.74) is 154. The molecule has 1 aromatic carbocycles. The zero-order valence-electron chi connectivity index (χ0n) is 42.6. The Kier molecular flexibility index (Phi) is 37.7. The van der Waals surface area contributed by atoms with Crippen molar-refractivity contribution in [3.63, 3.8) is 0 Å². The maximum absolute atomic E-state index is 5.72. The molecule has 3 heteroatoms. The number of nitrogens with zero attached hydrogens (tertiary/aromatic N) is 1. The van der Waals surface area contributed by atoms with E-state index in [2.05, 4.69) is 399 Å². The smallest absolute Gasteiger partial charge is 0.126 e. The number of nitrogens with one attached hydrogen (secondary N) is 1. The van der Waals surface area contributed by atoms with E-state index in [0.717, 1.165) is 43.1 Å². The van der Waals surface area contributed by atoms with Gasteiger partial charge in [0.05, 0.1) is 12.3 Å². The van der Waals surface area contributed by atoms with Crippen LogP contribution in [0.1, 0.15) is 25.3 Å². The molecule has 2 aliphatic rings. The molecule has 0 saturated carbocycles. The standard InChI is InChI=1S/C62H4.C16H18N2O/c1-3-5-7-9-11-13-15-17-19-21-23-25-27-29-31-33-35-37-39-41-43-45-47-49-51-53-55-57-59-61-62-60-58-56-54-52-50-48-46-44-42-40-38-36-34-32-30-28-26-24-22-20-18-16-14-12-10-8-6-4-2;1-2-17-14-5-6-16-15(11-14)12(7-9-19-16)10-13-4-3-8-18-13/h1-2H2;4-6,8,10-11,17H,2-3,7,9H2,1H3/b;12-10+. The van der Waals surface area contributed by atoms with Crippen LogP contribution in [-0.2, 0) is 0 Å². The first-order valence-corrected chi connectivity index (χ1v) is 22.3. The van der Waals surface area contributed by atoms with Crippen molar-refractivity contribution in [2.45, 2.75) is 19.8 Å². The van der Waals surface area contributed by atoms with Gasteiger partial charge < -0.3 is 10.1 Å². The topological polar surface area (TPSA) is 33.6 Å². The third kappa shape index (κ3) is 38.9. The van der Waals surface area contributed by atoms with E-state index < -0.39 is 0 Å². The largest absolute Gasteiger partial charge is 0.493 e. The predicted molar refractivity (Wildman–Crippen MR) is 302 cm³/mol. The third-order valence-corrected chi connectivity index (χ3v) is 7.07. The Morgan fingerprint density at radius 1 is 0.395 bits per heavy atom. The lowest BCUT2D eigenvalue weighted by atomic mass is 9.98. The van der Waals surface area contributed by atoms with Crippen molar-refractivity contribution in [1.82, 2.24) is 0 Å². The second-order valence-corrected chi connectivity index (χ2v) is 12.3. The fourth-order valence-corrected chi connectivity index (χ4v) is 4.27. The van der Waals surface area contributed by atoms with Crippen molar-refractivity contribution >= 4 is 17.5 Å². The number of fused-ring (bicyclic) bond motifs is 1. The van der Waals surface area contributed by atoms with Crippen LogP contribution in [0.4, 0.5) is 5.69 Å². The van der Waals surface area contributed by atoms with E-state index in [1.165, 1.54) is 11.1 Å². The van der Waals surface area contributed by atoms with Gasteiger partial charge in [-0.15, -0.1) is 0 Å². The van der Waals surface area contributed by atoms with Crippen molar-refractivity contribution < 1.29 is 4.74 Å². The van der Waals surface area contributed by atoms with E-state index in [-0.39, 0.29) is 0 Å². The lowest BCUT2D eigenvalue weighted by Crippen LogP contribution is -2.08. The predicted octanol–water partition coefficient (Wildman–Crippen LogP) is 13.8. The molecule has 1 N–H and O–H groups in total. The molecule has 0 radical (unpaired) electrons. The highest BCUT2D eigenvalue weighted by Crippen LogP contribution is 2.36. The number of aliphatic imine (C=N–C) groups is 1. The number of ether oxygens (including phenoxy) is 1. The first kappa shape index (κ1) is 61.6. The van der Waals surface area contributed by atoms with Crippen molar-refractivity contribution in [1.29, 1.82) is 0 Å². The Hall–Kier alpha value is -15.5. The van der Waals surface area contributed by atoms with E-state index in [0.29, 0.717) is 0 Å². The molecule has 0 bridgehead atoms. The maximum atomic E-state index is 5.72. The molecular formula is C78H22N2O. The van der Waals surface area contributed by atoms with Gasteiger partial charge in [0.1, 0.15) is 5.75 Å². The van der Waals surface area contributed by atoms with Crippen LogP contribution in [0.3, 0.4) is 0 Å². The monoisotopic (exact) mass is 1000 g/mol. The summed E-state index contributed by atoms with van der Waals surface area (Å²) in [5.74, 6) is 0.974. The normalized spacial score (nSPS) is 7.47. The van der Waals surface area contributed by atoms with E-state index >= 15 is 0 Å². The number of allylic oxidation sites excluding steroid dienone is 2. The third-order valence-electron chi connectivity index (χ3n) is 7.07. The van der Waals surface area contributed by atoms with E-state index in [4.69, 9.17) is 4.74 Å². The summed E-state index contributed by atoms with van der Waals surface area (Å²) in [6, 6.07) is 6.29. The molecule has 0 unspecified atom stereocenters. The average molecular weight is 1000 g/mol. The molecule has 350 valence electrons. The lowest BCUT2D eigenvalue weighted by Gasteiger charge is -2.21. The Balaban J connectivity index is 0.000000970. The number of benzene rings is 1. The summed E-state index contributed by atoms with van der Waals surface area (Å²) in [6.45, 7) is 10.4. The molecule has 2 heterocycles. The van der Waals surface area contributed by atoms with Crippen molar-refractivity contribution in [3.8, 4) is 5.75 Å². The molecule has 3 rings (SSSR count). The van der Waals surface area contributed by atoms with Crippen LogP contribution in [0.2, 0.25) is 0 Å². The summed E-state index contributed by atoms with van der Waals surface area (Å²) in [4.78, 5) is 4.36. The van der Waals surface area contributed by atoms with Gasteiger partial charge in [-0.2, -0.15) is 0 Å². The fourth-order valence-electron chi connectivity index (χ4n) is 4.27. The minimum absolute atomic E-state index is 0.746. The van der Waals surface area contributed by atoms with Gasteiger partial charge in [0.25, 0.3) is 0 Å². The summed E-state index contributed by atoms with van der Waals surface area (Å²) >= 11 is 0. The zero-order valence-corrected chi connectivity index (χ0v) is 42.6. The molecule has 0 fully saturated rings. The molecular weight excluding hydrogens is 981 g/mol. The number of hydrogen-bond acceptors (Lipinski definition) is 3. The van der Waals surface area contributed by atoms with Crippen LogP contribution in [0.5, 0.6) is 5.75 Å². The molecule has 1 aromatic rings. The van der Waals surface area contributed by atoms with E-state index in [9.17, 15) is 0 Å². The van der Waals surface area contributed by atoms with Gasteiger partial charge in [0.2, 0.25) is 0 Å². The highest BCUT2D eigenvalue weighted by Gasteiger charge is 2.16. The van der Waals surface area contributed by atoms with Gasteiger partial charge in [-0.25, -0.2) is 0 Å².